The van der Waals surface area contributed by atoms with Crippen molar-refractivity contribution in [1.82, 2.24) is 15.0 Å². The van der Waals surface area contributed by atoms with Crippen LogP contribution in [0.5, 0.6) is 0 Å². The standard InChI is InChI=1S/C11H17N3O/c1-2-9-3-5-11(6-4-9)14-7-10(8-15)12-13-14/h7-9,11H,2-6H2,1H3. The Bertz CT molecular complexity index is 326. The maximum atomic E-state index is 10.5. The van der Waals surface area contributed by atoms with Crippen LogP contribution in [0.3, 0.4) is 0 Å². The first-order valence-corrected chi connectivity index (χ1v) is 5.70. The van der Waals surface area contributed by atoms with E-state index in [1.807, 2.05) is 4.68 Å². The highest BCUT2D eigenvalue weighted by Gasteiger charge is 2.21. The minimum atomic E-state index is 0.438. The molecule has 2 rings (SSSR count). The minimum Gasteiger partial charge on any atom is -0.296 e. The number of nitrogens with zero attached hydrogens (tertiary/aromatic N) is 3. The molecule has 1 aliphatic rings. The van der Waals surface area contributed by atoms with Gasteiger partial charge in [0.05, 0.1) is 12.2 Å². The van der Waals surface area contributed by atoms with Gasteiger partial charge in [-0.2, -0.15) is 0 Å². The van der Waals surface area contributed by atoms with Gasteiger partial charge in [-0.1, -0.05) is 18.6 Å². The Morgan fingerprint density at radius 3 is 2.73 bits per heavy atom. The highest BCUT2D eigenvalue weighted by atomic mass is 16.1. The van der Waals surface area contributed by atoms with Gasteiger partial charge in [0.1, 0.15) is 5.69 Å². The Balaban J connectivity index is 1.97. The van der Waals surface area contributed by atoms with Crippen LogP contribution in [0.25, 0.3) is 0 Å². The summed E-state index contributed by atoms with van der Waals surface area (Å²) < 4.78 is 1.86. The smallest absolute Gasteiger partial charge is 0.171 e. The largest absolute Gasteiger partial charge is 0.296 e. The summed E-state index contributed by atoms with van der Waals surface area (Å²) >= 11 is 0. The Kier molecular flexibility index (Phi) is 3.14. The lowest BCUT2D eigenvalue weighted by atomic mass is 9.85. The van der Waals surface area contributed by atoms with Crippen molar-refractivity contribution in [2.45, 2.75) is 45.1 Å². The fourth-order valence-electron chi connectivity index (χ4n) is 2.34. The molecular weight excluding hydrogens is 190 g/mol. The fraction of sp³-hybridized carbons (Fsp3) is 0.727. The van der Waals surface area contributed by atoms with Crippen LogP contribution in [0.1, 0.15) is 55.6 Å². The lowest BCUT2D eigenvalue weighted by Gasteiger charge is -2.27. The molecule has 0 atom stereocenters. The first-order chi connectivity index (χ1) is 7.33. The van der Waals surface area contributed by atoms with Crippen molar-refractivity contribution in [2.24, 2.45) is 5.92 Å². The molecule has 0 aliphatic heterocycles. The van der Waals surface area contributed by atoms with E-state index in [2.05, 4.69) is 17.2 Å². The van der Waals surface area contributed by atoms with Gasteiger partial charge in [-0.25, -0.2) is 4.68 Å². The van der Waals surface area contributed by atoms with E-state index in [9.17, 15) is 4.79 Å². The summed E-state index contributed by atoms with van der Waals surface area (Å²) in [7, 11) is 0. The molecule has 1 aromatic heterocycles. The number of hydrogen-bond acceptors (Lipinski definition) is 3. The summed E-state index contributed by atoms with van der Waals surface area (Å²) in [5.41, 5.74) is 0.438. The van der Waals surface area contributed by atoms with Crippen molar-refractivity contribution in [3.8, 4) is 0 Å². The lowest BCUT2D eigenvalue weighted by molar-refractivity contribution is 0.111. The molecule has 0 spiro atoms. The first-order valence-electron chi connectivity index (χ1n) is 5.70. The number of rotatable bonds is 3. The molecule has 15 heavy (non-hydrogen) atoms. The SMILES string of the molecule is CCC1CCC(n2cc(C=O)nn2)CC1. The summed E-state index contributed by atoms with van der Waals surface area (Å²) in [5, 5.41) is 7.79. The Hall–Kier alpha value is -1.19. The molecule has 1 fully saturated rings. The third kappa shape index (κ3) is 2.25. The molecule has 0 unspecified atom stereocenters. The molecule has 1 saturated carbocycles. The predicted molar refractivity (Wildman–Crippen MR) is 56.7 cm³/mol. The van der Waals surface area contributed by atoms with Gasteiger partial charge in [0.15, 0.2) is 6.29 Å². The van der Waals surface area contributed by atoms with Gasteiger partial charge in [-0.3, -0.25) is 4.79 Å². The number of aldehydes is 1. The average Bonchev–Trinajstić information content (AvgIpc) is 2.78. The second-order valence-electron chi connectivity index (χ2n) is 4.32. The monoisotopic (exact) mass is 207 g/mol. The molecule has 82 valence electrons. The van der Waals surface area contributed by atoms with E-state index in [-0.39, 0.29) is 0 Å². The van der Waals surface area contributed by atoms with E-state index >= 15 is 0 Å². The summed E-state index contributed by atoms with van der Waals surface area (Å²) in [6.45, 7) is 2.25. The van der Waals surface area contributed by atoms with E-state index < -0.39 is 0 Å². The van der Waals surface area contributed by atoms with E-state index in [0.29, 0.717) is 11.7 Å². The number of carbonyl (C=O) groups excluding carboxylic acids is 1. The first kappa shape index (κ1) is 10.3. The zero-order valence-electron chi connectivity index (χ0n) is 9.09. The molecule has 4 nitrogen and oxygen atoms in total. The zero-order valence-corrected chi connectivity index (χ0v) is 9.09. The average molecular weight is 207 g/mol. The van der Waals surface area contributed by atoms with E-state index in [1.54, 1.807) is 6.20 Å². The molecule has 0 radical (unpaired) electrons. The van der Waals surface area contributed by atoms with E-state index in [0.717, 1.165) is 12.2 Å². The van der Waals surface area contributed by atoms with Crippen molar-refractivity contribution >= 4 is 6.29 Å². The lowest BCUT2D eigenvalue weighted by Crippen LogP contribution is -2.18. The predicted octanol–water partition coefficient (Wildman–Crippen LogP) is 2.23. The molecule has 1 heterocycles. The second-order valence-corrected chi connectivity index (χ2v) is 4.32. The Morgan fingerprint density at radius 2 is 2.20 bits per heavy atom. The van der Waals surface area contributed by atoms with E-state index in [1.165, 1.54) is 32.1 Å². The summed E-state index contributed by atoms with van der Waals surface area (Å²) in [6.07, 6.45) is 8.67. The number of hydrogen-bond donors (Lipinski definition) is 0. The molecule has 0 aromatic carbocycles. The third-order valence-electron chi connectivity index (χ3n) is 3.42. The summed E-state index contributed by atoms with van der Waals surface area (Å²) in [6, 6.07) is 0.453. The van der Waals surface area contributed by atoms with Gasteiger partial charge in [0.25, 0.3) is 0 Å². The number of aromatic nitrogens is 3. The molecule has 0 bridgehead atoms. The molecule has 1 aliphatic carbocycles. The van der Waals surface area contributed by atoms with Crippen LogP contribution in [0.4, 0.5) is 0 Å². The van der Waals surface area contributed by atoms with Crippen molar-refractivity contribution in [3.63, 3.8) is 0 Å². The van der Waals surface area contributed by atoms with Gasteiger partial charge in [0.2, 0.25) is 0 Å². The van der Waals surface area contributed by atoms with Crippen molar-refractivity contribution in [1.29, 1.82) is 0 Å². The maximum absolute atomic E-state index is 10.5. The maximum Gasteiger partial charge on any atom is 0.171 e. The highest BCUT2D eigenvalue weighted by molar-refractivity contribution is 5.70. The summed E-state index contributed by atoms with van der Waals surface area (Å²) in [5.74, 6) is 0.885. The quantitative estimate of drug-likeness (QED) is 0.714. The molecule has 0 saturated heterocycles. The van der Waals surface area contributed by atoms with Crippen LogP contribution < -0.4 is 0 Å². The van der Waals surface area contributed by atoms with Crippen LogP contribution >= 0.6 is 0 Å². The highest BCUT2D eigenvalue weighted by Crippen LogP contribution is 2.32. The topological polar surface area (TPSA) is 47.8 Å². The minimum absolute atomic E-state index is 0.438. The van der Waals surface area contributed by atoms with Crippen LogP contribution in [0, 0.1) is 5.92 Å². The second kappa shape index (κ2) is 4.55. The van der Waals surface area contributed by atoms with Gasteiger partial charge in [-0.15, -0.1) is 5.10 Å². The molecule has 1 aromatic rings. The van der Waals surface area contributed by atoms with Crippen LogP contribution in [-0.2, 0) is 0 Å². The fourth-order valence-corrected chi connectivity index (χ4v) is 2.34. The van der Waals surface area contributed by atoms with Crippen LogP contribution in [0.15, 0.2) is 6.20 Å². The summed E-state index contributed by atoms with van der Waals surface area (Å²) in [4.78, 5) is 10.5. The number of carbonyl (C=O) groups is 1. The normalized spacial score (nSPS) is 26.5. The van der Waals surface area contributed by atoms with Crippen LogP contribution in [0.2, 0.25) is 0 Å². The molecule has 0 amide bonds. The molecule has 4 heteroatoms. The van der Waals surface area contributed by atoms with Crippen molar-refractivity contribution < 1.29 is 4.79 Å². The molecule has 0 N–H and O–H groups in total. The Labute approximate surface area is 89.7 Å². The van der Waals surface area contributed by atoms with Gasteiger partial charge >= 0.3 is 0 Å². The molecular formula is C11H17N3O. The van der Waals surface area contributed by atoms with Crippen LogP contribution in [-0.4, -0.2) is 21.3 Å². The Morgan fingerprint density at radius 1 is 1.47 bits per heavy atom. The van der Waals surface area contributed by atoms with E-state index in [4.69, 9.17) is 0 Å². The van der Waals surface area contributed by atoms with Crippen molar-refractivity contribution in [2.75, 3.05) is 0 Å². The van der Waals surface area contributed by atoms with Crippen molar-refractivity contribution in [3.05, 3.63) is 11.9 Å². The van der Waals surface area contributed by atoms with Gasteiger partial charge in [-0.05, 0) is 31.6 Å². The van der Waals surface area contributed by atoms with Gasteiger partial charge < -0.3 is 0 Å². The third-order valence-corrected chi connectivity index (χ3v) is 3.42. The van der Waals surface area contributed by atoms with Gasteiger partial charge in [0, 0.05) is 0 Å². The zero-order chi connectivity index (χ0) is 10.7.